The van der Waals surface area contributed by atoms with Crippen LogP contribution in [-0.2, 0) is 17.9 Å². The van der Waals surface area contributed by atoms with Crippen molar-refractivity contribution in [2.45, 2.75) is 26.1 Å². The van der Waals surface area contributed by atoms with Gasteiger partial charge in [0.1, 0.15) is 17.9 Å². The Morgan fingerprint density at radius 3 is 2.41 bits per heavy atom. The van der Waals surface area contributed by atoms with Gasteiger partial charge in [0.15, 0.2) is 5.65 Å². The number of nitrogens with zero attached hydrogens (tertiary/aromatic N) is 3. The van der Waals surface area contributed by atoms with E-state index in [4.69, 9.17) is 9.72 Å². The van der Waals surface area contributed by atoms with Gasteiger partial charge in [-0.3, -0.25) is 0 Å². The van der Waals surface area contributed by atoms with Crippen LogP contribution >= 0.6 is 0 Å². The third-order valence-electron chi connectivity index (χ3n) is 4.65. The summed E-state index contributed by atoms with van der Waals surface area (Å²) in [5, 5.41) is 2.88. The second-order valence-corrected chi connectivity index (χ2v) is 6.82. The Bertz CT molecular complexity index is 1090. The normalized spacial score (nSPS) is 11.9. The van der Waals surface area contributed by atoms with Gasteiger partial charge < -0.3 is 14.6 Å². The van der Waals surface area contributed by atoms with Crippen molar-refractivity contribution < 1.29 is 9.53 Å². The molecular weight excluding hydrogens is 364 g/mol. The summed E-state index contributed by atoms with van der Waals surface area (Å²) in [6.45, 7) is 2.74. The van der Waals surface area contributed by atoms with Gasteiger partial charge in [0.25, 0.3) is 0 Å². The average molecular weight is 386 g/mol. The third kappa shape index (κ3) is 4.43. The monoisotopic (exact) mass is 386 g/mol. The molecule has 4 rings (SSSR count). The summed E-state index contributed by atoms with van der Waals surface area (Å²) < 4.78 is 7.38. The first kappa shape index (κ1) is 18.7. The Kier molecular flexibility index (Phi) is 5.52. The topological polar surface area (TPSA) is 69.0 Å². The van der Waals surface area contributed by atoms with E-state index in [-0.39, 0.29) is 12.6 Å². The third-order valence-corrected chi connectivity index (χ3v) is 4.65. The van der Waals surface area contributed by atoms with Crippen molar-refractivity contribution >= 4 is 17.3 Å². The largest absolute Gasteiger partial charge is 0.445 e. The maximum atomic E-state index is 12.3. The summed E-state index contributed by atoms with van der Waals surface area (Å²) in [4.78, 5) is 21.5. The molecule has 1 amide bonds. The molecule has 0 aliphatic carbocycles. The number of carbonyl (C=O) groups is 1. The van der Waals surface area contributed by atoms with Gasteiger partial charge in [0.2, 0.25) is 0 Å². The lowest BCUT2D eigenvalue weighted by Crippen LogP contribution is -2.29. The molecule has 2 aromatic heterocycles. The number of nitrogens with one attached hydrogen (secondary N) is 1. The van der Waals surface area contributed by atoms with Crippen LogP contribution in [0.2, 0.25) is 0 Å². The summed E-state index contributed by atoms with van der Waals surface area (Å²) in [6.07, 6.45) is 1.27. The van der Waals surface area contributed by atoms with Crippen molar-refractivity contribution in [2.24, 2.45) is 0 Å². The van der Waals surface area contributed by atoms with E-state index in [0.29, 0.717) is 6.54 Å². The number of benzene rings is 2. The first-order valence-electron chi connectivity index (χ1n) is 9.53. The molecule has 1 N–H and O–H groups in total. The Morgan fingerprint density at radius 2 is 1.69 bits per heavy atom. The van der Waals surface area contributed by atoms with Gasteiger partial charge in [-0.25, -0.2) is 14.8 Å². The lowest BCUT2D eigenvalue weighted by Gasteiger charge is -2.16. The predicted molar refractivity (Wildman–Crippen MR) is 111 cm³/mol. The molecule has 0 spiro atoms. The summed E-state index contributed by atoms with van der Waals surface area (Å²) >= 11 is 0. The lowest BCUT2D eigenvalue weighted by atomic mass is 10.2. The predicted octanol–water partition coefficient (Wildman–Crippen LogP) is 4.47. The minimum Gasteiger partial charge on any atom is -0.445 e. The average Bonchev–Trinajstić information content (AvgIpc) is 3.12. The quantitative estimate of drug-likeness (QED) is 0.531. The number of rotatable bonds is 6. The second kappa shape index (κ2) is 8.56. The molecule has 146 valence electrons. The zero-order valence-corrected chi connectivity index (χ0v) is 16.2. The van der Waals surface area contributed by atoms with E-state index in [1.165, 1.54) is 0 Å². The summed E-state index contributed by atoms with van der Waals surface area (Å²) in [6, 6.07) is 23.2. The van der Waals surface area contributed by atoms with Gasteiger partial charge in [-0.15, -0.1) is 0 Å². The van der Waals surface area contributed by atoms with E-state index in [0.717, 1.165) is 28.1 Å². The Hall–Kier alpha value is -3.67. The van der Waals surface area contributed by atoms with Crippen molar-refractivity contribution in [1.82, 2.24) is 19.9 Å². The van der Waals surface area contributed by atoms with Crippen LogP contribution in [0, 0.1) is 0 Å². The molecule has 4 aromatic rings. The minimum absolute atomic E-state index is 0.224. The number of alkyl carbamates (subject to hydrolysis) is 1. The van der Waals surface area contributed by atoms with Crippen molar-refractivity contribution in [3.05, 3.63) is 95.9 Å². The van der Waals surface area contributed by atoms with E-state index in [2.05, 4.69) is 22.4 Å². The highest BCUT2D eigenvalue weighted by Crippen LogP contribution is 2.21. The zero-order chi connectivity index (χ0) is 20.1. The fraction of sp³-hybridized carbons (Fsp3) is 0.174. The number of pyridine rings is 1. The molecule has 1 atom stereocenters. The molecule has 2 heterocycles. The summed E-state index contributed by atoms with van der Waals surface area (Å²) in [5.74, 6) is 0.735. The molecule has 0 bridgehead atoms. The smallest absolute Gasteiger partial charge is 0.408 e. The molecule has 0 aliphatic rings. The molecule has 0 saturated carbocycles. The van der Waals surface area contributed by atoms with Crippen molar-refractivity contribution in [3.8, 4) is 0 Å². The highest BCUT2D eigenvalue weighted by Gasteiger charge is 2.20. The Labute approximate surface area is 169 Å². The van der Waals surface area contributed by atoms with Gasteiger partial charge >= 0.3 is 6.09 Å². The van der Waals surface area contributed by atoms with Crippen LogP contribution < -0.4 is 5.32 Å². The van der Waals surface area contributed by atoms with Gasteiger partial charge in [0.05, 0.1) is 12.6 Å². The standard InChI is InChI=1S/C23H22N4O2/c1-17(25-23(28)29-16-19-11-6-3-7-12-19)21-26-20-13-8-14-24-22(20)27(21)15-18-9-4-2-5-10-18/h2-14,17H,15-16H2,1H3,(H,25,28). The van der Waals surface area contributed by atoms with E-state index >= 15 is 0 Å². The van der Waals surface area contributed by atoms with E-state index in [1.54, 1.807) is 6.20 Å². The molecule has 0 aliphatic heterocycles. The molecule has 2 aromatic carbocycles. The summed E-state index contributed by atoms with van der Waals surface area (Å²) in [7, 11) is 0. The highest BCUT2D eigenvalue weighted by atomic mass is 16.5. The van der Waals surface area contributed by atoms with Crippen LogP contribution in [0.1, 0.15) is 29.9 Å². The zero-order valence-electron chi connectivity index (χ0n) is 16.2. The van der Waals surface area contributed by atoms with Crippen LogP contribution in [0.15, 0.2) is 79.0 Å². The van der Waals surface area contributed by atoms with Crippen LogP contribution in [0.3, 0.4) is 0 Å². The number of imidazole rings is 1. The van der Waals surface area contributed by atoms with Crippen LogP contribution in [0.4, 0.5) is 4.79 Å². The molecule has 6 nitrogen and oxygen atoms in total. The molecule has 29 heavy (non-hydrogen) atoms. The molecule has 0 saturated heterocycles. The Morgan fingerprint density at radius 1 is 1.00 bits per heavy atom. The first-order chi connectivity index (χ1) is 14.2. The SMILES string of the molecule is CC(NC(=O)OCc1ccccc1)c1nc2cccnc2n1Cc1ccccc1. The van der Waals surface area contributed by atoms with Crippen molar-refractivity contribution in [2.75, 3.05) is 0 Å². The maximum Gasteiger partial charge on any atom is 0.408 e. The van der Waals surface area contributed by atoms with Gasteiger partial charge in [-0.2, -0.15) is 0 Å². The fourth-order valence-corrected chi connectivity index (χ4v) is 3.23. The van der Waals surface area contributed by atoms with Gasteiger partial charge in [-0.05, 0) is 30.2 Å². The van der Waals surface area contributed by atoms with E-state index in [1.807, 2.05) is 72.2 Å². The summed E-state index contributed by atoms with van der Waals surface area (Å²) in [5.41, 5.74) is 3.66. The molecule has 0 fully saturated rings. The highest BCUT2D eigenvalue weighted by molar-refractivity contribution is 5.72. The first-order valence-corrected chi connectivity index (χ1v) is 9.53. The van der Waals surface area contributed by atoms with E-state index < -0.39 is 6.09 Å². The number of amides is 1. The molecule has 0 radical (unpaired) electrons. The Balaban J connectivity index is 1.52. The fourth-order valence-electron chi connectivity index (χ4n) is 3.23. The van der Waals surface area contributed by atoms with Crippen molar-refractivity contribution in [3.63, 3.8) is 0 Å². The van der Waals surface area contributed by atoms with Crippen LogP contribution in [-0.4, -0.2) is 20.6 Å². The number of aromatic nitrogens is 3. The maximum absolute atomic E-state index is 12.3. The minimum atomic E-state index is -0.479. The van der Waals surface area contributed by atoms with Crippen LogP contribution in [0.25, 0.3) is 11.2 Å². The number of hydrogen-bond acceptors (Lipinski definition) is 4. The van der Waals surface area contributed by atoms with Gasteiger partial charge in [0, 0.05) is 6.20 Å². The van der Waals surface area contributed by atoms with Crippen LogP contribution in [0.5, 0.6) is 0 Å². The number of fused-ring (bicyclic) bond motifs is 1. The van der Waals surface area contributed by atoms with Crippen molar-refractivity contribution in [1.29, 1.82) is 0 Å². The lowest BCUT2D eigenvalue weighted by molar-refractivity contribution is 0.136. The van der Waals surface area contributed by atoms with E-state index in [9.17, 15) is 4.79 Å². The number of hydrogen-bond donors (Lipinski definition) is 1. The number of carbonyl (C=O) groups excluding carboxylic acids is 1. The van der Waals surface area contributed by atoms with Gasteiger partial charge in [-0.1, -0.05) is 60.7 Å². The molecule has 6 heteroatoms. The molecule has 1 unspecified atom stereocenters. The second-order valence-electron chi connectivity index (χ2n) is 6.82. The number of ether oxygens (including phenoxy) is 1. The molecular formula is C23H22N4O2.